The van der Waals surface area contributed by atoms with Crippen molar-refractivity contribution < 1.29 is 19.0 Å². The van der Waals surface area contributed by atoms with Crippen LogP contribution in [0.2, 0.25) is 0 Å². The average molecular weight is 214 g/mol. The second-order valence-corrected chi connectivity index (χ2v) is 4.03. The van der Waals surface area contributed by atoms with Crippen LogP contribution in [-0.2, 0) is 19.0 Å². The number of esters is 1. The van der Waals surface area contributed by atoms with Crippen LogP contribution in [0.5, 0.6) is 0 Å². The molecule has 1 fully saturated rings. The molecule has 0 bridgehead atoms. The highest BCUT2D eigenvalue weighted by atomic mass is 16.6. The molecular formula is C11H18O4. The topological polar surface area (TPSA) is 48.1 Å². The number of hydrogen-bond acceptors (Lipinski definition) is 4. The van der Waals surface area contributed by atoms with Crippen molar-refractivity contribution in [2.24, 2.45) is 0 Å². The number of allylic oxidation sites excluding steroid dienone is 1. The van der Waals surface area contributed by atoms with E-state index in [9.17, 15) is 4.79 Å². The molecule has 86 valence electrons. The van der Waals surface area contributed by atoms with Gasteiger partial charge in [0.15, 0.2) is 0 Å². The van der Waals surface area contributed by atoms with Crippen molar-refractivity contribution in [2.75, 3.05) is 13.2 Å². The van der Waals surface area contributed by atoms with E-state index in [-0.39, 0.29) is 17.7 Å². The zero-order chi connectivity index (χ0) is 11.5. The predicted octanol–water partition coefficient (Wildman–Crippen LogP) is 1.65. The van der Waals surface area contributed by atoms with Crippen LogP contribution in [0.3, 0.4) is 0 Å². The van der Waals surface area contributed by atoms with Crippen LogP contribution < -0.4 is 0 Å². The SMILES string of the molecule is CCOC(=O)/C=C(\C)OC[C@H]1OC1(C)C. The summed E-state index contributed by atoms with van der Waals surface area (Å²) in [6, 6.07) is 0. The number of epoxide rings is 1. The van der Waals surface area contributed by atoms with E-state index in [1.807, 2.05) is 13.8 Å². The van der Waals surface area contributed by atoms with E-state index >= 15 is 0 Å². The molecule has 0 spiro atoms. The van der Waals surface area contributed by atoms with Gasteiger partial charge in [-0.1, -0.05) is 0 Å². The van der Waals surface area contributed by atoms with E-state index in [4.69, 9.17) is 14.2 Å². The quantitative estimate of drug-likeness (QED) is 0.302. The van der Waals surface area contributed by atoms with Crippen molar-refractivity contribution in [3.8, 4) is 0 Å². The molecular weight excluding hydrogens is 196 g/mol. The second kappa shape index (κ2) is 4.66. The molecule has 0 aromatic carbocycles. The van der Waals surface area contributed by atoms with Crippen LogP contribution in [0.25, 0.3) is 0 Å². The van der Waals surface area contributed by atoms with Gasteiger partial charge in [-0.25, -0.2) is 4.79 Å². The molecule has 1 rings (SSSR count). The summed E-state index contributed by atoms with van der Waals surface area (Å²) in [5.41, 5.74) is -0.0792. The van der Waals surface area contributed by atoms with E-state index in [1.165, 1.54) is 6.08 Å². The zero-order valence-corrected chi connectivity index (χ0v) is 9.70. The summed E-state index contributed by atoms with van der Waals surface area (Å²) in [7, 11) is 0. The first-order chi connectivity index (χ1) is 6.95. The summed E-state index contributed by atoms with van der Waals surface area (Å²) in [6.45, 7) is 8.36. The first-order valence-electron chi connectivity index (χ1n) is 5.11. The van der Waals surface area contributed by atoms with Gasteiger partial charge in [-0.3, -0.25) is 0 Å². The predicted molar refractivity (Wildman–Crippen MR) is 55.3 cm³/mol. The Morgan fingerprint density at radius 1 is 1.47 bits per heavy atom. The smallest absolute Gasteiger partial charge is 0.334 e. The maximum absolute atomic E-state index is 11.0. The maximum atomic E-state index is 11.0. The summed E-state index contributed by atoms with van der Waals surface area (Å²) in [5, 5.41) is 0. The minimum Gasteiger partial charge on any atom is -0.495 e. The third-order valence-corrected chi connectivity index (χ3v) is 2.23. The van der Waals surface area contributed by atoms with Crippen molar-refractivity contribution in [1.29, 1.82) is 0 Å². The summed E-state index contributed by atoms with van der Waals surface area (Å²) < 4.78 is 15.4. The average Bonchev–Trinajstić information content (AvgIpc) is 2.71. The van der Waals surface area contributed by atoms with Crippen LogP contribution in [0.15, 0.2) is 11.8 Å². The number of hydrogen-bond donors (Lipinski definition) is 0. The Hall–Kier alpha value is -1.03. The van der Waals surface area contributed by atoms with E-state index in [0.29, 0.717) is 19.0 Å². The molecule has 0 saturated carbocycles. The Morgan fingerprint density at radius 2 is 2.07 bits per heavy atom. The summed E-state index contributed by atoms with van der Waals surface area (Å²) in [5.74, 6) is 0.186. The summed E-state index contributed by atoms with van der Waals surface area (Å²) in [4.78, 5) is 11.0. The molecule has 1 saturated heterocycles. The van der Waals surface area contributed by atoms with Gasteiger partial charge in [0.1, 0.15) is 18.5 Å². The highest BCUT2D eigenvalue weighted by Gasteiger charge is 2.48. The van der Waals surface area contributed by atoms with Gasteiger partial charge < -0.3 is 14.2 Å². The third-order valence-electron chi connectivity index (χ3n) is 2.23. The van der Waals surface area contributed by atoms with Gasteiger partial charge in [0, 0.05) is 0 Å². The van der Waals surface area contributed by atoms with Gasteiger partial charge in [0.25, 0.3) is 0 Å². The van der Waals surface area contributed by atoms with Crippen molar-refractivity contribution in [1.82, 2.24) is 0 Å². The van der Waals surface area contributed by atoms with Crippen molar-refractivity contribution in [2.45, 2.75) is 39.4 Å². The molecule has 1 atom stereocenters. The van der Waals surface area contributed by atoms with Crippen LogP contribution in [0.1, 0.15) is 27.7 Å². The summed E-state index contributed by atoms with van der Waals surface area (Å²) >= 11 is 0. The van der Waals surface area contributed by atoms with Gasteiger partial charge in [0.2, 0.25) is 0 Å². The monoisotopic (exact) mass is 214 g/mol. The van der Waals surface area contributed by atoms with E-state index in [0.717, 1.165) is 0 Å². The Bertz CT molecular complexity index is 268. The molecule has 0 N–H and O–H groups in total. The van der Waals surface area contributed by atoms with Gasteiger partial charge in [-0.15, -0.1) is 0 Å². The van der Waals surface area contributed by atoms with E-state index < -0.39 is 0 Å². The minimum atomic E-state index is -0.369. The standard InChI is InChI=1S/C11H18O4/c1-5-13-10(12)6-8(2)14-7-9-11(3,4)15-9/h6,9H,5,7H2,1-4H3/b8-6+/t9-/m1/s1. The number of carbonyl (C=O) groups excluding carboxylic acids is 1. The maximum Gasteiger partial charge on any atom is 0.334 e. The Balaban J connectivity index is 2.24. The molecule has 0 aliphatic carbocycles. The van der Waals surface area contributed by atoms with E-state index in [1.54, 1.807) is 13.8 Å². The Kier molecular flexibility index (Phi) is 3.74. The summed E-state index contributed by atoms with van der Waals surface area (Å²) in [6.07, 6.45) is 1.47. The zero-order valence-electron chi connectivity index (χ0n) is 9.70. The second-order valence-electron chi connectivity index (χ2n) is 4.03. The fourth-order valence-electron chi connectivity index (χ4n) is 1.17. The third kappa shape index (κ3) is 3.91. The highest BCUT2D eigenvalue weighted by molar-refractivity contribution is 5.82. The molecule has 4 heteroatoms. The molecule has 1 aliphatic rings. The van der Waals surface area contributed by atoms with Crippen LogP contribution in [0, 0.1) is 0 Å². The normalized spacial score (nSPS) is 23.5. The van der Waals surface area contributed by atoms with E-state index in [2.05, 4.69) is 0 Å². The Labute approximate surface area is 90.2 Å². The first kappa shape index (κ1) is 12.0. The largest absolute Gasteiger partial charge is 0.495 e. The molecule has 15 heavy (non-hydrogen) atoms. The lowest BCUT2D eigenvalue weighted by Crippen LogP contribution is -2.10. The highest BCUT2D eigenvalue weighted by Crippen LogP contribution is 2.35. The van der Waals surface area contributed by atoms with Crippen LogP contribution >= 0.6 is 0 Å². The Morgan fingerprint density at radius 3 is 2.53 bits per heavy atom. The van der Waals surface area contributed by atoms with Crippen LogP contribution in [0.4, 0.5) is 0 Å². The lowest BCUT2D eigenvalue weighted by molar-refractivity contribution is -0.137. The minimum absolute atomic E-state index is 0.0792. The fourth-order valence-corrected chi connectivity index (χ4v) is 1.17. The molecule has 0 unspecified atom stereocenters. The molecule has 0 aromatic heterocycles. The van der Waals surface area contributed by atoms with Gasteiger partial charge in [0.05, 0.1) is 18.3 Å². The number of ether oxygens (including phenoxy) is 3. The number of rotatable bonds is 5. The fraction of sp³-hybridized carbons (Fsp3) is 0.727. The van der Waals surface area contributed by atoms with Crippen molar-refractivity contribution in [3.63, 3.8) is 0 Å². The van der Waals surface area contributed by atoms with Crippen LogP contribution in [-0.4, -0.2) is 30.9 Å². The molecule has 1 heterocycles. The number of carbonyl (C=O) groups is 1. The van der Waals surface area contributed by atoms with Crippen molar-refractivity contribution >= 4 is 5.97 Å². The van der Waals surface area contributed by atoms with Gasteiger partial charge in [-0.05, 0) is 27.7 Å². The molecule has 1 aliphatic heterocycles. The molecule has 0 radical (unpaired) electrons. The van der Waals surface area contributed by atoms with Gasteiger partial charge in [-0.2, -0.15) is 0 Å². The molecule has 0 amide bonds. The lowest BCUT2D eigenvalue weighted by atomic mass is 10.1. The first-order valence-corrected chi connectivity index (χ1v) is 5.11. The van der Waals surface area contributed by atoms with Crippen molar-refractivity contribution in [3.05, 3.63) is 11.8 Å². The lowest BCUT2D eigenvalue weighted by Gasteiger charge is -2.04. The molecule has 0 aromatic rings. The van der Waals surface area contributed by atoms with Gasteiger partial charge >= 0.3 is 5.97 Å². The molecule has 4 nitrogen and oxygen atoms in total.